The van der Waals surface area contributed by atoms with Crippen LogP contribution < -0.4 is 10.6 Å². The summed E-state index contributed by atoms with van der Waals surface area (Å²) in [5.41, 5.74) is 8.45. The van der Waals surface area contributed by atoms with E-state index in [1.54, 1.807) is 0 Å². The minimum Gasteiger partial charge on any atom is -0.369 e. The summed E-state index contributed by atoms with van der Waals surface area (Å²) in [4.78, 5) is 16.9. The van der Waals surface area contributed by atoms with E-state index in [2.05, 4.69) is 47.1 Å². The van der Waals surface area contributed by atoms with Crippen molar-refractivity contribution < 1.29 is 9.28 Å². The highest BCUT2D eigenvalue weighted by Gasteiger charge is 2.61. The van der Waals surface area contributed by atoms with Crippen LogP contribution in [0.4, 0.5) is 10.5 Å². The molecule has 0 radical (unpaired) electrons. The Morgan fingerprint density at radius 3 is 2.52 bits per heavy atom. The number of anilines is 1. The zero-order valence-corrected chi connectivity index (χ0v) is 16.2. The van der Waals surface area contributed by atoms with Gasteiger partial charge in [-0.2, -0.15) is 5.26 Å². The monoisotopic (exact) mass is 368 g/mol. The van der Waals surface area contributed by atoms with Crippen LogP contribution in [0, 0.1) is 11.3 Å². The van der Waals surface area contributed by atoms with Gasteiger partial charge in [0.1, 0.15) is 6.04 Å². The number of benzene rings is 1. The van der Waals surface area contributed by atoms with Crippen molar-refractivity contribution in [2.75, 3.05) is 44.2 Å². The Kier molecular flexibility index (Phi) is 4.83. The van der Waals surface area contributed by atoms with Gasteiger partial charge in [0.25, 0.3) is 0 Å². The van der Waals surface area contributed by atoms with Crippen molar-refractivity contribution in [3.8, 4) is 6.07 Å². The van der Waals surface area contributed by atoms with Gasteiger partial charge in [-0.3, -0.25) is 4.90 Å². The smallest absolute Gasteiger partial charge is 0.369 e. The predicted octanol–water partition coefficient (Wildman–Crippen LogP) is 2.27. The number of likely N-dealkylation sites (tertiary alicyclic amines) is 1. The van der Waals surface area contributed by atoms with Gasteiger partial charge >= 0.3 is 6.03 Å². The molecule has 27 heavy (non-hydrogen) atoms. The third kappa shape index (κ3) is 3.19. The fraction of sp³-hybridized carbons (Fsp3) is 0.619. The first-order valence-corrected chi connectivity index (χ1v) is 10.2. The quantitative estimate of drug-likeness (QED) is 0.654. The van der Waals surface area contributed by atoms with Crippen LogP contribution in [0.15, 0.2) is 24.3 Å². The molecule has 1 aromatic rings. The Labute approximate surface area is 161 Å². The van der Waals surface area contributed by atoms with Crippen LogP contribution in [-0.4, -0.2) is 66.8 Å². The van der Waals surface area contributed by atoms with Crippen LogP contribution in [0.1, 0.15) is 37.7 Å². The molecular weight excluding hydrogens is 338 g/mol. The zero-order valence-electron chi connectivity index (χ0n) is 16.2. The maximum Gasteiger partial charge on any atom is 0.414 e. The highest BCUT2D eigenvalue weighted by molar-refractivity contribution is 5.65. The largest absolute Gasteiger partial charge is 0.414 e. The van der Waals surface area contributed by atoms with Gasteiger partial charge < -0.3 is 10.6 Å². The van der Waals surface area contributed by atoms with Gasteiger partial charge in [-0.15, -0.1) is 0 Å². The van der Waals surface area contributed by atoms with Crippen molar-refractivity contribution in [1.82, 2.24) is 4.90 Å². The Hall–Kier alpha value is -2.10. The van der Waals surface area contributed by atoms with Gasteiger partial charge in [-0.25, -0.2) is 9.28 Å². The van der Waals surface area contributed by atoms with Crippen LogP contribution in [0.3, 0.4) is 0 Å². The molecule has 3 aliphatic rings. The molecule has 144 valence electrons. The second-order valence-electron chi connectivity index (χ2n) is 8.41. The molecule has 4 rings (SSSR count). The number of amides is 2. The second-order valence-corrected chi connectivity index (χ2v) is 8.41. The number of urea groups is 1. The van der Waals surface area contributed by atoms with Crippen LogP contribution in [0.25, 0.3) is 0 Å². The van der Waals surface area contributed by atoms with E-state index < -0.39 is 0 Å². The van der Waals surface area contributed by atoms with E-state index in [0.29, 0.717) is 29.0 Å². The molecule has 2 aliphatic heterocycles. The molecule has 2 saturated heterocycles. The first-order chi connectivity index (χ1) is 13.1. The van der Waals surface area contributed by atoms with Gasteiger partial charge in [-0.1, -0.05) is 12.1 Å². The lowest BCUT2D eigenvalue weighted by molar-refractivity contribution is -0.871. The number of carbonyl (C=O) groups excluding carboxylic acids is 1. The molecule has 4 atom stereocenters. The van der Waals surface area contributed by atoms with Crippen molar-refractivity contribution in [2.24, 2.45) is 5.73 Å². The van der Waals surface area contributed by atoms with Gasteiger partial charge in [-0.05, 0) is 24.6 Å². The maximum atomic E-state index is 12.3. The molecule has 1 saturated carbocycles. The van der Waals surface area contributed by atoms with Gasteiger partial charge in [0.05, 0.1) is 25.2 Å². The van der Waals surface area contributed by atoms with Crippen LogP contribution in [0.5, 0.6) is 0 Å². The zero-order chi connectivity index (χ0) is 19.0. The summed E-state index contributed by atoms with van der Waals surface area (Å²) in [6, 6.07) is 11.7. The standard InChI is InChI=1S/C21H29N5O/c1-16-3-2-14-26(16,21(23)27)20-15-19(20)17-4-6-18(7-5-17)25-12-10-24(9-8-22)11-13-25/h4-7,16,19-20H,2-3,9-15H2,1H3,(H-,23,27)/p+1/t16-,19?,20?,26?/m1/s1. The molecule has 1 aliphatic carbocycles. The van der Waals surface area contributed by atoms with E-state index in [4.69, 9.17) is 11.0 Å². The maximum absolute atomic E-state index is 12.3. The molecule has 3 fully saturated rings. The first kappa shape index (κ1) is 18.3. The van der Waals surface area contributed by atoms with E-state index in [9.17, 15) is 4.79 Å². The summed E-state index contributed by atoms with van der Waals surface area (Å²) in [5.74, 6) is 0.458. The lowest BCUT2D eigenvalue weighted by atomic mass is 10.1. The summed E-state index contributed by atoms with van der Waals surface area (Å²) < 4.78 is 0.493. The number of nitriles is 1. The molecular formula is C21H30N5O+. The van der Waals surface area contributed by atoms with Crippen molar-refractivity contribution in [1.29, 1.82) is 5.26 Å². The summed E-state index contributed by atoms with van der Waals surface area (Å²) in [7, 11) is 0. The van der Waals surface area contributed by atoms with Crippen molar-refractivity contribution >= 4 is 11.7 Å². The SMILES string of the molecule is C[C@@H]1CCC[N+]1(C(N)=O)C1CC1c1ccc(N2CCN(CC#N)CC2)cc1. The number of rotatable bonds is 4. The molecule has 3 unspecified atom stereocenters. The summed E-state index contributed by atoms with van der Waals surface area (Å²) >= 11 is 0. The summed E-state index contributed by atoms with van der Waals surface area (Å²) in [5, 5.41) is 8.82. The highest BCUT2D eigenvalue weighted by Crippen LogP contribution is 2.51. The molecule has 6 heteroatoms. The lowest BCUT2D eigenvalue weighted by Crippen LogP contribution is -2.59. The summed E-state index contributed by atoms with van der Waals surface area (Å²) in [6.45, 7) is 7.42. The van der Waals surface area contributed by atoms with E-state index in [0.717, 1.165) is 52.0 Å². The van der Waals surface area contributed by atoms with Gasteiger partial charge in [0.15, 0.2) is 0 Å². The van der Waals surface area contributed by atoms with E-state index >= 15 is 0 Å². The normalized spacial score (nSPS) is 33.6. The van der Waals surface area contributed by atoms with Gasteiger partial charge in [0, 0.05) is 57.0 Å². The predicted molar refractivity (Wildman–Crippen MR) is 105 cm³/mol. The lowest BCUT2D eigenvalue weighted by Gasteiger charge is -2.35. The molecule has 2 heterocycles. The molecule has 0 bridgehead atoms. The molecule has 6 nitrogen and oxygen atoms in total. The third-order valence-corrected chi connectivity index (χ3v) is 7.05. The van der Waals surface area contributed by atoms with E-state index in [-0.39, 0.29) is 6.03 Å². The number of primary amides is 1. The second kappa shape index (κ2) is 7.14. The average molecular weight is 369 g/mol. The number of nitrogens with two attached hydrogens (primary N) is 1. The van der Waals surface area contributed by atoms with Crippen molar-refractivity contribution in [3.05, 3.63) is 29.8 Å². The van der Waals surface area contributed by atoms with Crippen LogP contribution in [0.2, 0.25) is 0 Å². The minimum atomic E-state index is -0.139. The average Bonchev–Trinajstić information content (AvgIpc) is 3.38. The third-order valence-electron chi connectivity index (χ3n) is 7.05. The Morgan fingerprint density at radius 2 is 1.96 bits per heavy atom. The van der Waals surface area contributed by atoms with Gasteiger partial charge in [0.2, 0.25) is 0 Å². The number of hydrogen-bond acceptors (Lipinski definition) is 4. The molecule has 1 aromatic carbocycles. The van der Waals surface area contributed by atoms with Crippen LogP contribution in [-0.2, 0) is 0 Å². The number of piperazine rings is 1. The van der Waals surface area contributed by atoms with Crippen molar-refractivity contribution in [3.63, 3.8) is 0 Å². The number of quaternary nitrogens is 1. The number of hydrogen-bond donors (Lipinski definition) is 1. The number of nitrogens with zero attached hydrogens (tertiary/aromatic N) is 4. The Bertz CT molecular complexity index is 734. The Balaban J connectivity index is 1.41. The minimum absolute atomic E-state index is 0.139. The fourth-order valence-electron chi connectivity index (χ4n) is 5.33. The van der Waals surface area contributed by atoms with E-state index in [1.165, 1.54) is 11.3 Å². The molecule has 0 spiro atoms. The molecule has 2 N–H and O–H groups in total. The Morgan fingerprint density at radius 1 is 1.26 bits per heavy atom. The summed E-state index contributed by atoms with van der Waals surface area (Å²) in [6.07, 6.45) is 3.27. The topological polar surface area (TPSA) is 73.4 Å². The fourth-order valence-corrected chi connectivity index (χ4v) is 5.33. The van der Waals surface area contributed by atoms with E-state index in [1.807, 2.05) is 0 Å². The highest BCUT2D eigenvalue weighted by atomic mass is 16.2. The first-order valence-electron chi connectivity index (χ1n) is 10.2. The molecule has 2 amide bonds. The molecule has 0 aromatic heterocycles. The van der Waals surface area contributed by atoms with Crippen LogP contribution >= 0.6 is 0 Å². The number of carbonyl (C=O) groups is 1. The van der Waals surface area contributed by atoms with Crippen molar-refractivity contribution in [2.45, 2.75) is 44.2 Å².